The number of esters is 3. The van der Waals surface area contributed by atoms with Gasteiger partial charge in [-0.3, -0.25) is 19.2 Å². The molecule has 0 aliphatic heterocycles. The van der Waals surface area contributed by atoms with Gasteiger partial charge in [-0.2, -0.15) is 0 Å². The van der Waals surface area contributed by atoms with E-state index >= 15 is 0 Å². The van der Waals surface area contributed by atoms with Gasteiger partial charge < -0.3 is 19.3 Å². The zero-order valence-electron chi connectivity index (χ0n) is 22.6. The summed E-state index contributed by atoms with van der Waals surface area (Å²) < 4.78 is 14.7. The van der Waals surface area contributed by atoms with Crippen LogP contribution in [0, 0.1) is 0 Å². The first kappa shape index (κ1) is 35.0. The van der Waals surface area contributed by atoms with E-state index in [0.29, 0.717) is 32.5 Å². The SMILES string of the molecule is CC(C)OC(=O)CCCCCCCCC(=O)O.CCOC(=O)CCCCCCCCC(=O)OCC. The molecule has 0 radical (unpaired) electrons. The predicted molar refractivity (Wildman–Crippen MR) is 136 cm³/mol. The van der Waals surface area contributed by atoms with Crippen molar-refractivity contribution in [1.82, 2.24) is 0 Å². The molecule has 8 nitrogen and oxygen atoms in total. The molecule has 0 fully saturated rings. The molecule has 0 rings (SSSR count). The van der Waals surface area contributed by atoms with Crippen molar-refractivity contribution in [2.24, 2.45) is 0 Å². The average Bonchev–Trinajstić information content (AvgIpc) is 2.77. The summed E-state index contributed by atoms with van der Waals surface area (Å²) in [6.07, 6.45) is 13.6. The molecule has 35 heavy (non-hydrogen) atoms. The molecule has 0 saturated carbocycles. The molecule has 206 valence electrons. The van der Waals surface area contributed by atoms with Crippen LogP contribution < -0.4 is 0 Å². The Kier molecular flexibility index (Phi) is 26.5. The molecule has 0 unspecified atom stereocenters. The standard InChI is InChI=1S/C14H26O4.C13H24O4/c1-3-17-13(15)11-9-7-5-6-8-10-12-14(16)18-4-2;1-11(2)17-13(16)10-8-6-4-3-5-7-9-12(14)15/h3-12H2,1-2H3;11H,3-10H2,1-2H3,(H,14,15). The fraction of sp³-hybridized carbons (Fsp3) is 0.852. The van der Waals surface area contributed by atoms with E-state index in [-0.39, 0.29) is 30.4 Å². The Hall–Kier alpha value is -2.12. The van der Waals surface area contributed by atoms with Crippen molar-refractivity contribution < 1.29 is 38.5 Å². The molecule has 0 bridgehead atoms. The van der Waals surface area contributed by atoms with Crippen LogP contribution >= 0.6 is 0 Å². The Bertz CT molecular complexity index is 521. The minimum absolute atomic E-state index is 0.0291. The van der Waals surface area contributed by atoms with Crippen molar-refractivity contribution in [3.63, 3.8) is 0 Å². The number of hydrogen-bond donors (Lipinski definition) is 1. The highest BCUT2D eigenvalue weighted by Gasteiger charge is 2.05. The third-order valence-corrected chi connectivity index (χ3v) is 5.01. The zero-order valence-corrected chi connectivity index (χ0v) is 22.6. The molecule has 0 aromatic rings. The first-order valence-electron chi connectivity index (χ1n) is 13.4. The fourth-order valence-electron chi connectivity index (χ4n) is 3.29. The summed E-state index contributed by atoms with van der Waals surface area (Å²) in [4.78, 5) is 43.5. The van der Waals surface area contributed by atoms with Gasteiger partial charge in [-0.05, 0) is 53.4 Å². The van der Waals surface area contributed by atoms with E-state index in [4.69, 9.17) is 19.3 Å². The smallest absolute Gasteiger partial charge is 0.306 e. The quantitative estimate of drug-likeness (QED) is 0.109. The molecule has 0 atom stereocenters. The van der Waals surface area contributed by atoms with Crippen LogP contribution in [-0.2, 0) is 33.4 Å². The predicted octanol–water partition coefficient (Wildman–Crippen LogP) is 6.38. The summed E-state index contributed by atoms with van der Waals surface area (Å²) in [5.74, 6) is -1.04. The van der Waals surface area contributed by atoms with Crippen LogP contribution in [0.4, 0.5) is 0 Å². The number of carbonyl (C=O) groups is 4. The van der Waals surface area contributed by atoms with Crippen molar-refractivity contribution in [3.05, 3.63) is 0 Å². The highest BCUT2D eigenvalue weighted by molar-refractivity contribution is 5.70. The van der Waals surface area contributed by atoms with Gasteiger partial charge in [0.25, 0.3) is 0 Å². The number of unbranched alkanes of at least 4 members (excludes halogenated alkanes) is 10. The third-order valence-electron chi connectivity index (χ3n) is 5.01. The van der Waals surface area contributed by atoms with Crippen molar-refractivity contribution in [2.45, 2.75) is 137 Å². The highest BCUT2D eigenvalue weighted by Crippen LogP contribution is 2.10. The third kappa shape index (κ3) is 31.9. The van der Waals surface area contributed by atoms with Crippen LogP contribution in [0.1, 0.15) is 130 Å². The second kappa shape index (κ2) is 26.5. The van der Waals surface area contributed by atoms with Crippen LogP contribution in [-0.4, -0.2) is 48.3 Å². The topological polar surface area (TPSA) is 116 Å². The maximum Gasteiger partial charge on any atom is 0.306 e. The molecule has 0 aromatic carbocycles. The number of carbonyl (C=O) groups excluding carboxylic acids is 3. The Morgan fingerprint density at radius 3 is 1.17 bits per heavy atom. The minimum Gasteiger partial charge on any atom is -0.481 e. The van der Waals surface area contributed by atoms with E-state index in [9.17, 15) is 19.2 Å². The molecular formula is C27H50O8. The van der Waals surface area contributed by atoms with Gasteiger partial charge in [0.1, 0.15) is 0 Å². The monoisotopic (exact) mass is 502 g/mol. The largest absolute Gasteiger partial charge is 0.481 e. The second-order valence-corrected chi connectivity index (χ2v) is 8.79. The first-order chi connectivity index (χ1) is 16.7. The Morgan fingerprint density at radius 1 is 0.543 bits per heavy atom. The lowest BCUT2D eigenvalue weighted by Gasteiger charge is -2.07. The molecule has 0 spiro atoms. The molecule has 0 heterocycles. The van der Waals surface area contributed by atoms with E-state index < -0.39 is 5.97 Å². The van der Waals surface area contributed by atoms with Gasteiger partial charge in [-0.25, -0.2) is 0 Å². The fourth-order valence-corrected chi connectivity index (χ4v) is 3.29. The number of aliphatic carboxylic acids is 1. The molecule has 0 amide bonds. The minimum atomic E-state index is -0.721. The molecular weight excluding hydrogens is 452 g/mol. The maximum atomic E-state index is 11.2. The van der Waals surface area contributed by atoms with E-state index in [2.05, 4.69) is 0 Å². The Morgan fingerprint density at radius 2 is 0.857 bits per heavy atom. The van der Waals surface area contributed by atoms with Crippen LogP contribution in [0.5, 0.6) is 0 Å². The summed E-state index contributed by atoms with van der Waals surface area (Å²) in [6.45, 7) is 8.27. The van der Waals surface area contributed by atoms with Crippen LogP contribution in [0.3, 0.4) is 0 Å². The summed E-state index contributed by atoms with van der Waals surface area (Å²) in [5, 5.41) is 8.44. The molecule has 0 aromatic heterocycles. The lowest BCUT2D eigenvalue weighted by Crippen LogP contribution is -2.10. The maximum absolute atomic E-state index is 11.2. The van der Waals surface area contributed by atoms with Crippen molar-refractivity contribution >= 4 is 23.9 Å². The van der Waals surface area contributed by atoms with Gasteiger partial charge in [0.2, 0.25) is 0 Å². The van der Waals surface area contributed by atoms with E-state index in [0.717, 1.165) is 77.0 Å². The summed E-state index contributed by atoms with van der Waals surface area (Å²) in [6, 6.07) is 0. The van der Waals surface area contributed by atoms with Crippen LogP contribution in [0.15, 0.2) is 0 Å². The molecule has 1 N–H and O–H groups in total. The lowest BCUT2D eigenvalue weighted by molar-refractivity contribution is -0.147. The van der Waals surface area contributed by atoms with Gasteiger partial charge in [-0.15, -0.1) is 0 Å². The summed E-state index contributed by atoms with van der Waals surface area (Å²) in [7, 11) is 0. The Balaban J connectivity index is 0. The summed E-state index contributed by atoms with van der Waals surface area (Å²) >= 11 is 0. The summed E-state index contributed by atoms with van der Waals surface area (Å²) in [5.41, 5.74) is 0. The van der Waals surface area contributed by atoms with E-state index in [1.807, 2.05) is 27.7 Å². The number of rotatable bonds is 21. The van der Waals surface area contributed by atoms with Crippen LogP contribution in [0.25, 0.3) is 0 Å². The van der Waals surface area contributed by atoms with Crippen molar-refractivity contribution in [1.29, 1.82) is 0 Å². The van der Waals surface area contributed by atoms with Gasteiger partial charge in [0.15, 0.2) is 0 Å². The van der Waals surface area contributed by atoms with Crippen molar-refractivity contribution in [3.8, 4) is 0 Å². The highest BCUT2D eigenvalue weighted by atomic mass is 16.5. The van der Waals surface area contributed by atoms with E-state index in [1.54, 1.807) is 0 Å². The number of hydrogen-bond acceptors (Lipinski definition) is 7. The number of ether oxygens (including phenoxy) is 3. The molecule has 0 aliphatic rings. The molecule has 0 saturated heterocycles. The van der Waals surface area contributed by atoms with Gasteiger partial charge in [0, 0.05) is 25.7 Å². The lowest BCUT2D eigenvalue weighted by atomic mass is 10.1. The van der Waals surface area contributed by atoms with Gasteiger partial charge in [0.05, 0.1) is 19.3 Å². The van der Waals surface area contributed by atoms with E-state index in [1.165, 1.54) is 0 Å². The van der Waals surface area contributed by atoms with Crippen LogP contribution in [0.2, 0.25) is 0 Å². The number of carboxylic acid groups (broad SMARTS) is 1. The average molecular weight is 503 g/mol. The second-order valence-electron chi connectivity index (χ2n) is 8.79. The Labute approximate surface area is 212 Å². The van der Waals surface area contributed by atoms with Gasteiger partial charge >= 0.3 is 23.9 Å². The first-order valence-corrected chi connectivity index (χ1v) is 13.4. The molecule has 0 aliphatic carbocycles. The van der Waals surface area contributed by atoms with Crippen molar-refractivity contribution in [2.75, 3.05) is 13.2 Å². The normalized spacial score (nSPS) is 10.3. The number of carboxylic acids is 1. The van der Waals surface area contributed by atoms with Gasteiger partial charge in [-0.1, -0.05) is 51.4 Å². The zero-order chi connectivity index (χ0) is 26.7. The molecule has 8 heteroatoms.